The number of aliphatic carboxylic acids is 1. The molecule has 1 aromatic carbocycles. The molecule has 2 heterocycles. The van der Waals surface area contributed by atoms with Gasteiger partial charge in [0.15, 0.2) is 0 Å². The zero-order chi connectivity index (χ0) is 15.5. The van der Waals surface area contributed by atoms with Gasteiger partial charge in [0.25, 0.3) is 0 Å². The van der Waals surface area contributed by atoms with Crippen molar-refractivity contribution in [2.24, 2.45) is 0 Å². The molecule has 1 unspecified atom stereocenters. The standard InChI is InChI=1S/C16H16ClNO3S/c17-13-5-10-1-3-21-16(10)12(6-13)8-18-14(7-15(19)20)11-2-4-22-9-11/h2,4-6,9,14,18H,1,3,7-8H2,(H,19,20). The number of hydrogen-bond acceptors (Lipinski definition) is 4. The van der Waals surface area contributed by atoms with Crippen molar-refractivity contribution in [3.05, 3.63) is 50.7 Å². The van der Waals surface area contributed by atoms with E-state index in [4.69, 9.17) is 21.4 Å². The largest absolute Gasteiger partial charge is 0.493 e. The van der Waals surface area contributed by atoms with Gasteiger partial charge in [-0.2, -0.15) is 11.3 Å². The van der Waals surface area contributed by atoms with Gasteiger partial charge in [-0.1, -0.05) is 11.6 Å². The Morgan fingerprint density at radius 3 is 3.09 bits per heavy atom. The quantitative estimate of drug-likeness (QED) is 0.845. The fourth-order valence-corrected chi connectivity index (χ4v) is 3.64. The molecule has 0 bridgehead atoms. The van der Waals surface area contributed by atoms with Crippen LogP contribution >= 0.6 is 22.9 Å². The first-order valence-electron chi connectivity index (χ1n) is 7.05. The molecule has 2 N–H and O–H groups in total. The van der Waals surface area contributed by atoms with Gasteiger partial charge >= 0.3 is 5.97 Å². The number of halogens is 1. The average molecular weight is 338 g/mol. The molecule has 0 amide bonds. The number of fused-ring (bicyclic) bond motifs is 1. The highest BCUT2D eigenvalue weighted by Crippen LogP contribution is 2.33. The first kappa shape index (κ1) is 15.3. The van der Waals surface area contributed by atoms with Crippen molar-refractivity contribution in [2.75, 3.05) is 6.61 Å². The monoisotopic (exact) mass is 337 g/mol. The van der Waals surface area contributed by atoms with Crippen LogP contribution in [0.3, 0.4) is 0 Å². The van der Waals surface area contributed by atoms with Gasteiger partial charge in [-0.15, -0.1) is 0 Å². The zero-order valence-electron chi connectivity index (χ0n) is 11.8. The van der Waals surface area contributed by atoms with E-state index in [1.165, 1.54) is 0 Å². The fraction of sp³-hybridized carbons (Fsp3) is 0.312. The number of benzene rings is 1. The molecule has 6 heteroatoms. The summed E-state index contributed by atoms with van der Waals surface area (Å²) < 4.78 is 5.68. The van der Waals surface area contributed by atoms with Gasteiger partial charge in [0.1, 0.15) is 5.75 Å². The summed E-state index contributed by atoms with van der Waals surface area (Å²) >= 11 is 7.71. The SMILES string of the molecule is O=C(O)CC(NCc1cc(Cl)cc2c1OCC2)c1ccsc1. The van der Waals surface area contributed by atoms with Crippen molar-refractivity contribution >= 4 is 28.9 Å². The molecule has 1 aromatic heterocycles. The van der Waals surface area contributed by atoms with Crippen molar-refractivity contribution in [3.8, 4) is 5.75 Å². The number of ether oxygens (including phenoxy) is 1. The summed E-state index contributed by atoms with van der Waals surface area (Å²) in [6, 6.07) is 5.54. The number of nitrogens with one attached hydrogen (secondary N) is 1. The van der Waals surface area contributed by atoms with Crippen LogP contribution in [0.5, 0.6) is 5.75 Å². The molecule has 0 spiro atoms. The Morgan fingerprint density at radius 1 is 1.50 bits per heavy atom. The fourth-order valence-electron chi connectivity index (χ4n) is 2.67. The molecule has 1 aliphatic rings. The summed E-state index contributed by atoms with van der Waals surface area (Å²) in [6.45, 7) is 1.20. The molecule has 0 saturated carbocycles. The molecule has 0 aliphatic carbocycles. The lowest BCUT2D eigenvalue weighted by atomic mass is 10.1. The lowest BCUT2D eigenvalue weighted by Gasteiger charge is -2.17. The summed E-state index contributed by atoms with van der Waals surface area (Å²) in [5.74, 6) is 0.0626. The van der Waals surface area contributed by atoms with E-state index in [1.54, 1.807) is 11.3 Å². The second-order valence-corrected chi connectivity index (χ2v) is 6.46. The Morgan fingerprint density at radius 2 is 2.36 bits per heavy atom. The molecule has 3 rings (SSSR count). The number of hydrogen-bond donors (Lipinski definition) is 2. The maximum Gasteiger partial charge on any atom is 0.305 e. The summed E-state index contributed by atoms with van der Waals surface area (Å²) in [5.41, 5.74) is 3.09. The molecule has 1 atom stereocenters. The van der Waals surface area contributed by atoms with Gasteiger partial charge in [0.05, 0.1) is 13.0 Å². The van der Waals surface area contributed by atoms with Crippen molar-refractivity contribution in [3.63, 3.8) is 0 Å². The number of carboxylic acid groups (broad SMARTS) is 1. The van der Waals surface area contributed by atoms with E-state index in [0.29, 0.717) is 18.2 Å². The molecule has 0 fully saturated rings. The van der Waals surface area contributed by atoms with Crippen LogP contribution in [0.4, 0.5) is 0 Å². The zero-order valence-corrected chi connectivity index (χ0v) is 13.4. The Kier molecular flexibility index (Phi) is 4.66. The summed E-state index contributed by atoms with van der Waals surface area (Å²) in [4.78, 5) is 11.1. The van der Waals surface area contributed by atoms with Gasteiger partial charge < -0.3 is 15.2 Å². The highest BCUT2D eigenvalue weighted by Gasteiger charge is 2.20. The second kappa shape index (κ2) is 6.69. The smallest absolute Gasteiger partial charge is 0.305 e. The minimum Gasteiger partial charge on any atom is -0.493 e. The Bertz CT molecular complexity index is 672. The van der Waals surface area contributed by atoms with Crippen molar-refractivity contribution < 1.29 is 14.6 Å². The predicted molar refractivity (Wildman–Crippen MR) is 86.8 cm³/mol. The second-order valence-electron chi connectivity index (χ2n) is 5.24. The van der Waals surface area contributed by atoms with Crippen LogP contribution in [0.25, 0.3) is 0 Å². The molecule has 116 valence electrons. The number of carbonyl (C=O) groups is 1. The van der Waals surface area contributed by atoms with E-state index in [0.717, 1.165) is 28.9 Å². The predicted octanol–water partition coefficient (Wildman–Crippen LogP) is 3.64. The van der Waals surface area contributed by atoms with Gasteiger partial charge in [-0.25, -0.2) is 0 Å². The third-order valence-corrected chi connectivity index (χ3v) is 4.61. The van der Waals surface area contributed by atoms with Crippen LogP contribution in [-0.4, -0.2) is 17.7 Å². The highest BCUT2D eigenvalue weighted by atomic mass is 35.5. The van der Waals surface area contributed by atoms with Crippen molar-refractivity contribution in [2.45, 2.75) is 25.4 Å². The first-order valence-corrected chi connectivity index (χ1v) is 8.37. The van der Waals surface area contributed by atoms with E-state index in [-0.39, 0.29) is 12.5 Å². The van der Waals surface area contributed by atoms with Gasteiger partial charge in [-0.3, -0.25) is 4.79 Å². The van der Waals surface area contributed by atoms with Crippen molar-refractivity contribution in [1.82, 2.24) is 5.32 Å². The molecule has 4 nitrogen and oxygen atoms in total. The van der Waals surface area contributed by atoms with Crippen LogP contribution < -0.4 is 10.1 Å². The first-order chi connectivity index (χ1) is 10.6. The topological polar surface area (TPSA) is 58.6 Å². The Hall–Kier alpha value is -1.56. The highest BCUT2D eigenvalue weighted by molar-refractivity contribution is 7.07. The van der Waals surface area contributed by atoms with Crippen LogP contribution in [0.1, 0.15) is 29.2 Å². The molecule has 22 heavy (non-hydrogen) atoms. The maximum atomic E-state index is 11.1. The van der Waals surface area contributed by atoms with Gasteiger partial charge in [0, 0.05) is 29.6 Å². The minimum atomic E-state index is -0.823. The molecular weight excluding hydrogens is 322 g/mol. The summed E-state index contributed by atoms with van der Waals surface area (Å²) in [6.07, 6.45) is 0.909. The lowest BCUT2D eigenvalue weighted by molar-refractivity contribution is -0.137. The van der Waals surface area contributed by atoms with Crippen LogP contribution in [0, 0.1) is 0 Å². The van der Waals surface area contributed by atoms with Gasteiger partial charge in [0.2, 0.25) is 0 Å². The summed E-state index contributed by atoms with van der Waals surface area (Å²) in [5, 5.41) is 17.0. The average Bonchev–Trinajstić information content (AvgIpc) is 3.13. The Balaban J connectivity index is 1.77. The van der Waals surface area contributed by atoms with E-state index in [1.807, 2.05) is 29.0 Å². The third kappa shape index (κ3) is 3.43. The van der Waals surface area contributed by atoms with Crippen LogP contribution in [0.2, 0.25) is 5.02 Å². The van der Waals surface area contributed by atoms with Crippen LogP contribution in [-0.2, 0) is 17.8 Å². The maximum absolute atomic E-state index is 11.1. The lowest BCUT2D eigenvalue weighted by Crippen LogP contribution is -2.23. The minimum absolute atomic E-state index is 0.0420. The normalized spacial score (nSPS) is 14.4. The number of rotatable bonds is 6. The number of carboxylic acids is 1. The molecule has 0 saturated heterocycles. The van der Waals surface area contributed by atoms with E-state index in [9.17, 15) is 4.79 Å². The summed E-state index contributed by atoms with van der Waals surface area (Å²) in [7, 11) is 0. The molecule has 1 aliphatic heterocycles. The van der Waals surface area contributed by atoms with Gasteiger partial charge in [-0.05, 0) is 40.1 Å². The third-order valence-electron chi connectivity index (χ3n) is 3.69. The molecular formula is C16H16ClNO3S. The molecule has 0 radical (unpaired) electrons. The van der Waals surface area contributed by atoms with E-state index in [2.05, 4.69) is 5.32 Å². The van der Waals surface area contributed by atoms with Crippen molar-refractivity contribution in [1.29, 1.82) is 0 Å². The van der Waals surface area contributed by atoms with E-state index < -0.39 is 5.97 Å². The number of thiophene rings is 1. The van der Waals surface area contributed by atoms with E-state index >= 15 is 0 Å². The molecule has 2 aromatic rings. The Labute approximate surface area is 137 Å². The van der Waals surface area contributed by atoms with Crippen LogP contribution in [0.15, 0.2) is 29.0 Å².